The predicted molar refractivity (Wildman–Crippen MR) is 104 cm³/mol. The zero-order valence-electron chi connectivity index (χ0n) is 14.9. The highest BCUT2D eigenvalue weighted by Gasteiger charge is 2.26. The average molecular weight is 382 g/mol. The van der Waals surface area contributed by atoms with Gasteiger partial charge in [0.1, 0.15) is 17.3 Å². The number of rotatable bonds is 4. The predicted octanol–water partition coefficient (Wildman–Crippen LogP) is 3.67. The van der Waals surface area contributed by atoms with E-state index in [1.807, 2.05) is 36.7 Å². The molecule has 1 aliphatic rings. The maximum absolute atomic E-state index is 12.7. The Labute approximate surface area is 160 Å². The molecule has 1 fully saturated rings. The van der Waals surface area contributed by atoms with Gasteiger partial charge in [-0.2, -0.15) is 0 Å². The van der Waals surface area contributed by atoms with Gasteiger partial charge < -0.3 is 14.6 Å². The van der Waals surface area contributed by atoms with E-state index >= 15 is 0 Å². The van der Waals surface area contributed by atoms with Crippen LogP contribution in [0.5, 0.6) is 0 Å². The molecule has 1 saturated heterocycles. The maximum Gasteiger partial charge on any atom is 0.414 e. The number of amides is 2. The van der Waals surface area contributed by atoms with E-state index in [1.54, 1.807) is 23.6 Å². The molecule has 2 amide bonds. The standard InChI is InChI=1S/C19H18N4O3S/c1-12-7-8-16(22(12)2)18-21-14(11-27-18)17(24)20-13-5-3-4-6-15(13)23-9-10-26-19(23)25/h3-8,11H,9-10H2,1-2H3,(H,20,24). The van der Waals surface area contributed by atoms with Crippen molar-refractivity contribution in [1.82, 2.24) is 9.55 Å². The minimum absolute atomic E-state index is 0.316. The van der Waals surface area contributed by atoms with Crippen molar-refractivity contribution in [2.24, 2.45) is 7.05 Å². The van der Waals surface area contributed by atoms with Gasteiger partial charge in [-0.05, 0) is 31.2 Å². The second-order valence-electron chi connectivity index (χ2n) is 6.19. The highest BCUT2D eigenvalue weighted by atomic mass is 32.1. The number of para-hydroxylation sites is 2. The Bertz CT molecular complexity index is 1020. The van der Waals surface area contributed by atoms with Gasteiger partial charge in [0.25, 0.3) is 5.91 Å². The fourth-order valence-electron chi connectivity index (χ4n) is 2.94. The highest BCUT2D eigenvalue weighted by molar-refractivity contribution is 7.13. The molecule has 4 rings (SSSR count). The maximum atomic E-state index is 12.7. The lowest BCUT2D eigenvalue weighted by atomic mass is 10.2. The fraction of sp³-hybridized carbons (Fsp3) is 0.211. The smallest absolute Gasteiger partial charge is 0.414 e. The van der Waals surface area contributed by atoms with E-state index in [9.17, 15) is 9.59 Å². The molecule has 3 aromatic rings. The van der Waals surface area contributed by atoms with Crippen molar-refractivity contribution in [3.05, 3.63) is 53.2 Å². The van der Waals surface area contributed by atoms with Gasteiger partial charge >= 0.3 is 6.09 Å². The monoisotopic (exact) mass is 382 g/mol. The van der Waals surface area contributed by atoms with E-state index < -0.39 is 6.09 Å². The molecule has 27 heavy (non-hydrogen) atoms. The van der Waals surface area contributed by atoms with Crippen molar-refractivity contribution in [2.45, 2.75) is 6.92 Å². The zero-order valence-corrected chi connectivity index (χ0v) is 15.7. The number of hydrogen-bond acceptors (Lipinski definition) is 5. The molecule has 1 aliphatic heterocycles. The molecule has 7 nitrogen and oxygen atoms in total. The number of thiazole rings is 1. The van der Waals surface area contributed by atoms with Crippen LogP contribution in [0, 0.1) is 6.92 Å². The first-order valence-electron chi connectivity index (χ1n) is 8.47. The van der Waals surface area contributed by atoms with Crippen molar-refractivity contribution < 1.29 is 14.3 Å². The van der Waals surface area contributed by atoms with Crippen LogP contribution in [-0.4, -0.2) is 34.7 Å². The molecular weight excluding hydrogens is 364 g/mol. The third-order valence-corrected chi connectivity index (χ3v) is 5.40. The Morgan fingerprint density at radius 1 is 1.26 bits per heavy atom. The molecule has 3 heterocycles. The van der Waals surface area contributed by atoms with Gasteiger partial charge in [-0.3, -0.25) is 9.69 Å². The van der Waals surface area contributed by atoms with Crippen LogP contribution in [0.1, 0.15) is 16.2 Å². The summed E-state index contributed by atoms with van der Waals surface area (Å²) in [6.07, 6.45) is -0.410. The number of hydrogen-bond donors (Lipinski definition) is 1. The van der Waals surface area contributed by atoms with E-state index in [0.717, 1.165) is 16.4 Å². The first kappa shape index (κ1) is 17.3. The molecule has 0 atom stereocenters. The van der Waals surface area contributed by atoms with Gasteiger partial charge in [-0.1, -0.05) is 12.1 Å². The number of anilines is 2. The molecule has 0 spiro atoms. The average Bonchev–Trinajstić information content (AvgIpc) is 3.38. The van der Waals surface area contributed by atoms with E-state index in [4.69, 9.17) is 4.74 Å². The summed E-state index contributed by atoms with van der Waals surface area (Å²) in [6.45, 7) is 2.82. The number of carbonyl (C=O) groups excluding carboxylic acids is 2. The molecule has 1 N–H and O–H groups in total. The summed E-state index contributed by atoms with van der Waals surface area (Å²) in [5.41, 5.74) is 3.59. The third kappa shape index (κ3) is 3.19. The number of nitrogens with one attached hydrogen (secondary N) is 1. The number of ether oxygens (including phenoxy) is 1. The van der Waals surface area contributed by atoms with Crippen molar-refractivity contribution in [3.8, 4) is 10.7 Å². The van der Waals surface area contributed by atoms with Crippen LogP contribution < -0.4 is 10.2 Å². The fourth-order valence-corrected chi connectivity index (χ4v) is 3.80. The summed E-state index contributed by atoms with van der Waals surface area (Å²) in [4.78, 5) is 30.5. The van der Waals surface area contributed by atoms with Gasteiger partial charge in [-0.25, -0.2) is 9.78 Å². The number of nitrogens with zero attached hydrogens (tertiary/aromatic N) is 3. The number of carbonyl (C=O) groups is 2. The summed E-state index contributed by atoms with van der Waals surface area (Å²) in [7, 11) is 1.97. The Hall–Kier alpha value is -3.13. The second kappa shape index (κ2) is 6.88. The largest absolute Gasteiger partial charge is 0.447 e. The first-order valence-corrected chi connectivity index (χ1v) is 9.35. The molecule has 0 radical (unpaired) electrons. The van der Waals surface area contributed by atoms with Crippen molar-refractivity contribution in [3.63, 3.8) is 0 Å². The van der Waals surface area contributed by atoms with Gasteiger partial charge in [-0.15, -0.1) is 11.3 Å². The van der Waals surface area contributed by atoms with Crippen molar-refractivity contribution >= 4 is 34.7 Å². The zero-order chi connectivity index (χ0) is 19.0. The number of aryl methyl sites for hydroxylation is 1. The minimum atomic E-state index is -0.410. The quantitative estimate of drug-likeness (QED) is 0.747. The SMILES string of the molecule is Cc1ccc(-c2nc(C(=O)Nc3ccccc3N3CCOC3=O)cs2)n1C. The van der Waals surface area contributed by atoms with Crippen LogP contribution in [0.4, 0.5) is 16.2 Å². The summed E-state index contributed by atoms with van der Waals surface area (Å²) in [5, 5.41) is 5.38. The van der Waals surface area contributed by atoms with Crippen molar-refractivity contribution in [1.29, 1.82) is 0 Å². The minimum Gasteiger partial charge on any atom is -0.447 e. The molecule has 2 aromatic heterocycles. The Kier molecular flexibility index (Phi) is 4.41. The van der Waals surface area contributed by atoms with Gasteiger partial charge in [0.05, 0.1) is 23.6 Å². The molecule has 0 saturated carbocycles. The molecule has 138 valence electrons. The molecule has 0 bridgehead atoms. The normalized spacial score (nSPS) is 13.7. The topological polar surface area (TPSA) is 76.5 Å². The summed E-state index contributed by atoms with van der Waals surface area (Å²) >= 11 is 1.42. The third-order valence-electron chi connectivity index (χ3n) is 4.53. The molecular formula is C19H18N4O3S. The Balaban J connectivity index is 1.57. The first-order chi connectivity index (χ1) is 13.0. The summed E-state index contributed by atoms with van der Waals surface area (Å²) < 4.78 is 7.03. The van der Waals surface area contributed by atoms with Crippen LogP contribution in [0.3, 0.4) is 0 Å². The number of benzene rings is 1. The van der Waals surface area contributed by atoms with Crippen LogP contribution in [0.2, 0.25) is 0 Å². The van der Waals surface area contributed by atoms with Crippen LogP contribution >= 0.6 is 11.3 Å². The molecule has 1 aromatic carbocycles. The number of cyclic esters (lactones) is 1. The summed E-state index contributed by atoms with van der Waals surface area (Å²) in [6, 6.07) is 11.2. The van der Waals surface area contributed by atoms with Gasteiger partial charge in [0, 0.05) is 18.1 Å². The van der Waals surface area contributed by atoms with E-state index in [-0.39, 0.29) is 5.91 Å². The number of aromatic nitrogens is 2. The molecule has 0 aliphatic carbocycles. The highest BCUT2D eigenvalue weighted by Crippen LogP contribution is 2.29. The van der Waals surface area contributed by atoms with E-state index in [1.165, 1.54) is 16.2 Å². The Morgan fingerprint density at radius 2 is 2.07 bits per heavy atom. The van der Waals surface area contributed by atoms with Crippen LogP contribution in [-0.2, 0) is 11.8 Å². The summed E-state index contributed by atoms with van der Waals surface area (Å²) in [5.74, 6) is -0.316. The lowest BCUT2D eigenvalue weighted by Crippen LogP contribution is -2.25. The molecule has 0 unspecified atom stereocenters. The van der Waals surface area contributed by atoms with Crippen LogP contribution in [0.25, 0.3) is 10.7 Å². The van der Waals surface area contributed by atoms with E-state index in [0.29, 0.717) is 30.2 Å². The van der Waals surface area contributed by atoms with Crippen LogP contribution in [0.15, 0.2) is 41.8 Å². The van der Waals surface area contributed by atoms with Crippen molar-refractivity contribution in [2.75, 3.05) is 23.4 Å². The Morgan fingerprint density at radius 3 is 2.78 bits per heavy atom. The van der Waals surface area contributed by atoms with Gasteiger partial charge in [0.15, 0.2) is 0 Å². The molecule has 8 heteroatoms. The lowest BCUT2D eigenvalue weighted by molar-refractivity contribution is 0.102. The lowest BCUT2D eigenvalue weighted by Gasteiger charge is -2.17. The second-order valence-corrected chi connectivity index (χ2v) is 7.05. The van der Waals surface area contributed by atoms with Gasteiger partial charge in [0.2, 0.25) is 0 Å². The van der Waals surface area contributed by atoms with E-state index in [2.05, 4.69) is 10.3 Å².